The topological polar surface area (TPSA) is 80.7 Å². The van der Waals surface area contributed by atoms with Crippen molar-refractivity contribution in [1.29, 1.82) is 0 Å². The van der Waals surface area contributed by atoms with E-state index in [-0.39, 0.29) is 44.2 Å². The summed E-state index contributed by atoms with van der Waals surface area (Å²) in [6, 6.07) is 0. The Bertz CT molecular complexity index is 169. The van der Waals surface area contributed by atoms with E-state index in [9.17, 15) is 9.59 Å². The average molecular weight is 186 g/mol. The van der Waals surface area contributed by atoms with Crippen molar-refractivity contribution in [2.45, 2.75) is 0 Å². The first-order valence-corrected chi connectivity index (χ1v) is 2.22. The van der Waals surface area contributed by atoms with Crippen LogP contribution in [0.4, 0.5) is 0 Å². The van der Waals surface area contributed by atoms with Gasteiger partial charge in [0, 0.05) is 12.2 Å². The summed E-state index contributed by atoms with van der Waals surface area (Å²) in [5.41, 5.74) is 0. The molecule has 0 spiro atoms. The quantitative estimate of drug-likeness (QED) is 0.213. The maximum absolute atomic E-state index is 9.92. The molecule has 1 aliphatic heterocycles. The molecule has 6 heteroatoms. The van der Waals surface area contributed by atoms with Crippen LogP contribution in [0.5, 0.6) is 0 Å². The van der Waals surface area contributed by atoms with E-state index in [2.05, 4.69) is 4.74 Å². The Morgan fingerprint density at radius 2 is 1.55 bits per heavy atom. The number of carbonyl (C=O) groups is 3. The van der Waals surface area contributed by atoms with Crippen molar-refractivity contribution >= 4 is 56.1 Å². The second-order valence-corrected chi connectivity index (χ2v) is 1.18. The molecule has 0 aromatic carbocycles. The molecule has 1 aliphatic rings. The molecule has 11 heavy (non-hydrogen) atoms. The van der Waals surface area contributed by atoms with Gasteiger partial charge in [-0.2, -0.15) is 0 Å². The van der Waals surface area contributed by atoms with Crippen molar-refractivity contribution in [3.05, 3.63) is 12.2 Å². The number of ether oxygens (including phenoxy) is 1. The molecular weight excluding hydrogens is 180 g/mol. The van der Waals surface area contributed by atoms with E-state index >= 15 is 0 Å². The van der Waals surface area contributed by atoms with Crippen LogP contribution in [0.15, 0.2) is 12.2 Å². The van der Waals surface area contributed by atoms with E-state index in [1.54, 1.807) is 0 Å². The van der Waals surface area contributed by atoms with Crippen LogP contribution in [-0.2, 0) is 19.1 Å². The third kappa shape index (κ3) is 7.51. The third-order valence-corrected chi connectivity index (χ3v) is 0.557. The van der Waals surface area contributed by atoms with Crippen molar-refractivity contribution in [1.82, 2.24) is 0 Å². The predicted molar refractivity (Wildman–Crippen MR) is 37.5 cm³/mol. The monoisotopic (exact) mass is 186 g/mol. The molecule has 5 nitrogen and oxygen atoms in total. The number of cyclic esters (lactones) is 2. The molecule has 0 saturated heterocycles. The minimum atomic E-state index is -0.579. The molecule has 1 heterocycles. The summed E-state index contributed by atoms with van der Waals surface area (Å²) >= 11 is 0. The average Bonchev–Trinajstić information content (AvgIpc) is 2.17. The Morgan fingerprint density at radius 3 is 1.64 bits per heavy atom. The fourth-order valence-corrected chi connectivity index (χ4v) is 0.303. The maximum atomic E-state index is 9.92. The van der Waals surface area contributed by atoms with Gasteiger partial charge in [0.15, 0.2) is 0 Å². The second-order valence-electron chi connectivity index (χ2n) is 1.18. The van der Waals surface area contributed by atoms with Crippen molar-refractivity contribution in [3.8, 4) is 0 Å². The molecule has 0 unspecified atom stereocenters. The van der Waals surface area contributed by atoms with Gasteiger partial charge in [0.25, 0.3) is 6.47 Å². The van der Waals surface area contributed by atoms with E-state index in [4.69, 9.17) is 9.90 Å². The normalized spacial score (nSPS) is 12.4. The van der Waals surface area contributed by atoms with Crippen LogP contribution >= 0.6 is 0 Å². The van der Waals surface area contributed by atoms with Gasteiger partial charge in [0.1, 0.15) is 0 Å². The predicted octanol–water partition coefficient (Wildman–Crippen LogP) is -1.59. The minimum absolute atomic E-state index is 0. The van der Waals surface area contributed by atoms with Gasteiger partial charge < -0.3 is 9.84 Å². The van der Waals surface area contributed by atoms with E-state index in [0.717, 1.165) is 12.2 Å². The zero-order chi connectivity index (χ0) is 7.98. The van der Waals surface area contributed by atoms with Crippen molar-refractivity contribution in [2.75, 3.05) is 0 Å². The number of carbonyl (C=O) groups excluding carboxylic acids is 2. The molecule has 0 bridgehead atoms. The third-order valence-electron chi connectivity index (χ3n) is 0.557. The van der Waals surface area contributed by atoms with Gasteiger partial charge in [-0.3, -0.25) is 4.79 Å². The number of carboxylic acid groups (broad SMARTS) is 1. The number of esters is 2. The van der Waals surface area contributed by atoms with Crippen molar-refractivity contribution in [3.63, 3.8) is 0 Å². The van der Waals surface area contributed by atoms with E-state index in [1.165, 1.54) is 0 Å². The van der Waals surface area contributed by atoms with Crippen LogP contribution in [0.1, 0.15) is 0 Å². The Labute approximate surface area is 92.0 Å². The van der Waals surface area contributed by atoms with E-state index < -0.39 is 11.9 Å². The molecule has 0 saturated carbocycles. The van der Waals surface area contributed by atoms with E-state index in [0.29, 0.717) is 0 Å². The Kier molecular flexibility index (Phi) is 9.27. The van der Waals surface area contributed by atoms with E-state index in [1.807, 2.05) is 0 Å². The van der Waals surface area contributed by atoms with Gasteiger partial charge in [0.05, 0.1) is 0 Å². The number of hydrogen-bond acceptors (Lipinski definition) is 4. The number of rotatable bonds is 0. The molecule has 1 N–H and O–H groups in total. The summed E-state index contributed by atoms with van der Waals surface area (Å²) in [7, 11) is 0. The molecule has 1 rings (SSSR count). The summed E-state index contributed by atoms with van der Waals surface area (Å²) in [4.78, 5) is 28.2. The second kappa shape index (κ2) is 7.71. The van der Waals surface area contributed by atoms with Gasteiger partial charge >= 0.3 is 49.7 Å². The molecular formula is C5H6CaO5. The van der Waals surface area contributed by atoms with Crippen LogP contribution in [0, 0.1) is 0 Å². The van der Waals surface area contributed by atoms with Gasteiger partial charge in [0.2, 0.25) is 0 Å². The molecule has 0 amide bonds. The van der Waals surface area contributed by atoms with Crippen molar-refractivity contribution < 1.29 is 24.2 Å². The zero-order valence-electron chi connectivity index (χ0n) is 4.81. The van der Waals surface area contributed by atoms with Crippen LogP contribution in [0.2, 0.25) is 0 Å². The van der Waals surface area contributed by atoms with Gasteiger partial charge in [-0.1, -0.05) is 0 Å². The summed E-state index contributed by atoms with van der Waals surface area (Å²) < 4.78 is 3.97. The Hall–Kier alpha value is -0.390. The molecule has 0 aromatic heterocycles. The summed E-state index contributed by atoms with van der Waals surface area (Å²) in [6.07, 6.45) is 2.17. The summed E-state index contributed by atoms with van der Waals surface area (Å²) in [5.74, 6) is -1.16. The fourth-order valence-electron chi connectivity index (χ4n) is 0.303. The van der Waals surface area contributed by atoms with Crippen molar-refractivity contribution in [2.24, 2.45) is 0 Å². The van der Waals surface area contributed by atoms with Gasteiger partial charge in [-0.25, -0.2) is 9.59 Å². The number of hydrogen-bond donors (Lipinski definition) is 1. The zero-order valence-corrected chi connectivity index (χ0v) is 4.81. The first-order valence-electron chi connectivity index (χ1n) is 2.22. The van der Waals surface area contributed by atoms with Gasteiger partial charge in [-0.15, -0.1) is 0 Å². The van der Waals surface area contributed by atoms with Crippen LogP contribution in [-0.4, -0.2) is 61.3 Å². The van der Waals surface area contributed by atoms with Gasteiger partial charge in [-0.05, 0) is 0 Å². The molecule has 0 fully saturated rings. The first-order chi connectivity index (χ1) is 4.70. The van der Waals surface area contributed by atoms with Crippen LogP contribution in [0.25, 0.3) is 0 Å². The molecule has 0 atom stereocenters. The molecule has 0 radical (unpaired) electrons. The molecule has 0 aliphatic carbocycles. The first kappa shape index (κ1) is 13.2. The SMILES string of the molecule is O=C1C=CC(=O)O1.O=CO.[CaH2]. The molecule has 58 valence electrons. The summed E-state index contributed by atoms with van der Waals surface area (Å²) in [5, 5.41) is 6.89. The standard InChI is InChI=1S/C4H2O3.CH2O2.Ca.2H/c5-3-1-2-4(6)7-3;2-1-3;;;/h1-2H;1H,(H,2,3);;;. The Morgan fingerprint density at radius 1 is 1.27 bits per heavy atom. The fraction of sp³-hybridized carbons (Fsp3) is 0. The van der Waals surface area contributed by atoms with Crippen LogP contribution in [0.3, 0.4) is 0 Å². The Balaban J connectivity index is 0. The summed E-state index contributed by atoms with van der Waals surface area (Å²) in [6.45, 7) is -0.250. The molecule has 0 aromatic rings. The van der Waals surface area contributed by atoms with Crippen LogP contribution < -0.4 is 0 Å².